The summed E-state index contributed by atoms with van der Waals surface area (Å²) in [5.41, 5.74) is 3.04. The van der Waals surface area contributed by atoms with Crippen molar-refractivity contribution in [3.63, 3.8) is 0 Å². The lowest BCUT2D eigenvalue weighted by Crippen LogP contribution is -2.24. The standard InChI is InChI=1S/C21H22ClN3O/c1-14(2)12-25-19-6-4-3-5-18(19)23-21(25)15-11-20(26)24(13-15)17-9-7-16(22)8-10-17/h3-10,14-15H,11-13H2,1-2H3/t15-/m1/s1. The summed E-state index contributed by atoms with van der Waals surface area (Å²) in [6.45, 7) is 5.97. The molecule has 1 amide bonds. The summed E-state index contributed by atoms with van der Waals surface area (Å²) < 4.78 is 2.29. The fraction of sp³-hybridized carbons (Fsp3) is 0.333. The zero-order chi connectivity index (χ0) is 18.3. The van der Waals surface area contributed by atoms with Crippen molar-refractivity contribution in [1.29, 1.82) is 0 Å². The molecule has 5 heteroatoms. The Morgan fingerprint density at radius 1 is 1.15 bits per heavy atom. The summed E-state index contributed by atoms with van der Waals surface area (Å²) in [6.07, 6.45) is 0.490. The summed E-state index contributed by atoms with van der Waals surface area (Å²) in [5.74, 6) is 1.77. The maximum Gasteiger partial charge on any atom is 0.227 e. The Morgan fingerprint density at radius 3 is 2.62 bits per heavy atom. The van der Waals surface area contributed by atoms with Crippen molar-refractivity contribution in [2.24, 2.45) is 5.92 Å². The molecule has 4 nitrogen and oxygen atoms in total. The van der Waals surface area contributed by atoms with Crippen molar-refractivity contribution < 1.29 is 4.79 Å². The quantitative estimate of drug-likeness (QED) is 0.660. The molecule has 0 N–H and O–H groups in total. The number of aromatic nitrogens is 2. The predicted molar refractivity (Wildman–Crippen MR) is 106 cm³/mol. The molecular weight excluding hydrogens is 346 g/mol. The van der Waals surface area contributed by atoms with Crippen molar-refractivity contribution in [2.75, 3.05) is 11.4 Å². The maximum absolute atomic E-state index is 12.6. The number of rotatable bonds is 4. The van der Waals surface area contributed by atoms with Gasteiger partial charge in [-0.2, -0.15) is 0 Å². The Bertz CT molecular complexity index is 946. The Labute approximate surface area is 158 Å². The highest BCUT2D eigenvalue weighted by Gasteiger charge is 2.34. The van der Waals surface area contributed by atoms with Gasteiger partial charge in [0.15, 0.2) is 0 Å². The highest BCUT2D eigenvalue weighted by molar-refractivity contribution is 6.30. The van der Waals surface area contributed by atoms with Crippen molar-refractivity contribution in [1.82, 2.24) is 9.55 Å². The third kappa shape index (κ3) is 3.10. The van der Waals surface area contributed by atoms with E-state index >= 15 is 0 Å². The normalized spacial score (nSPS) is 17.6. The first kappa shape index (κ1) is 17.1. The van der Waals surface area contributed by atoms with E-state index < -0.39 is 0 Å². The lowest BCUT2D eigenvalue weighted by molar-refractivity contribution is -0.117. The minimum atomic E-state index is 0.101. The molecule has 0 bridgehead atoms. The number of benzene rings is 2. The van der Waals surface area contributed by atoms with Gasteiger partial charge in [0, 0.05) is 36.1 Å². The Hall–Kier alpha value is -2.33. The molecule has 1 aromatic heterocycles. The molecule has 26 heavy (non-hydrogen) atoms. The van der Waals surface area contributed by atoms with Crippen LogP contribution in [0.5, 0.6) is 0 Å². The van der Waals surface area contributed by atoms with Gasteiger partial charge in [0.25, 0.3) is 0 Å². The highest BCUT2D eigenvalue weighted by atomic mass is 35.5. The van der Waals surface area contributed by atoms with Crippen LogP contribution >= 0.6 is 11.6 Å². The van der Waals surface area contributed by atoms with Crippen LogP contribution in [0.15, 0.2) is 48.5 Å². The molecule has 0 radical (unpaired) electrons. The molecule has 0 spiro atoms. The van der Waals surface area contributed by atoms with Gasteiger partial charge < -0.3 is 9.47 Å². The first-order chi connectivity index (χ1) is 12.5. The van der Waals surface area contributed by atoms with Crippen molar-refractivity contribution >= 4 is 34.2 Å². The zero-order valence-corrected chi connectivity index (χ0v) is 15.8. The molecule has 3 aromatic rings. The average molecular weight is 368 g/mol. The number of hydrogen-bond acceptors (Lipinski definition) is 2. The smallest absolute Gasteiger partial charge is 0.227 e. The lowest BCUT2D eigenvalue weighted by Gasteiger charge is -2.18. The summed E-state index contributed by atoms with van der Waals surface area (Å²) in [4.78, 5) is 19.4. The molecule has 0 aliphatic carbocycles. The molecule has 1 aliphatic heterocycles. The number of nitrogens with zero attached hydrogens (tertiary/aromatic N) is 3. The zero-order valence-electron chi connectivity index (χ0n) is 15.0. The first-order valence-corrected chi connectivity index (χ1v) is 9.42. The van der Waals surface area contributed by atoms with Gasteiger partial charge in [-0.25, -0.2) is 4.98 Å². The lowest BCUT2D eigenvalue weighted by atomic mass is 10.1. The van der Waals surface area contributed by atoms with Crippen LogP contribution in [0.25, 0.3) is 11.0 Å². The van der Waals surface area contributed by atoms with Crippen LogP contribution in [0.2, 0.25) is 5.02 Å². The average Bonchev–Trinajstić information content (AvgIpc) is 3.16. The van der Waals surface area contributed by atoms with E-state index in [-0.39, 0.29) is 11.8 Å². The van der Waals surface area contributed by atoms with Crippen molar-refractivity contribution in [2.45, 2.75) is 32.7 Å². The van der Waals surface area contributed by atoms with Crippen LogP contribution in [-0.2, 0) is 11.3 Å². The van der Waals surface area contributed by atoms with Gasteiger partial charge in [-0.05, 0) is 42.3 Å². The number of carbonyl (C=O) groups is 1. The Kier molecular flexibility index (Phi) is 4.45. The largest absolute Gasteiger partial charge is 0.327 e. The fourth-order valence-corrected chi connectivity index (χ4v) is 3.84. The fourth-order valence-electron chi connectivity index (χ4n) is 3.71. The number of halogens is 1. The molecule has 1 fully saturated rings. The van der Waals surface area contributed by atoms with E-state index in [2.05, 4.69) is 24.5 Å². The van der Waals surface area contributed by atoms with Crippen LogP contribution in [0, 0.1) is 5.92 Å². The summed E-state index contributed by atoms with van der Waals surface area (Å²) in [7, 11) is 0. The number of anilines is 1. The van der Waals surface area contributed by atoms with Crippen LogP contribution in [-0.4, -0.2) is 22.0 Å². The molecule has 0 saturated carbocycles. The van der Waals surface area contributed by atoms with Gasteiger partial charge in [-0.15, -0.1) is 0 Å². The molecule has 1 atom stereocenters. The van der Waals surface area contributed by atoms with E-state index in [0.717, 1.165) is 29.1 Å². The minimum Gasteiger partial charge on any atom is -0.327 e. The predicted octanol–water partition coefficient (Wildman–Crippen LogP) is 4.87. The van der Waals surface area contributed by atoms with Gasteiger partial charge in [-0.1, -0.05) is 37.6 Å². The number of carbonyl (C=O) groups excluding carboxylic acids is 1. The number of hydrogen-bond donors (Lipinski definition) is 0. The molecule has 0 unspecified atom stereocenters. The summed E-state index contributed by atoms with van der Waals surface area (Å²) in [6, 6.07) is 15.7. The molecule has 4 rings (SSSR count). The van der Waals surface area contributed by atoms with Gasteiger partial charge in [-0.3, -0.25) is 4.79 Å². The second-order valence-electron chi connectivity index (χ2n) is 7.34. The van der Waals surface area contributed by atoms with E-state index in [0.29, 0.717) is 23.9 Å². The molecule has 134 valence electrons. The molecule has 1 saturated heterocycles. The minimum absolute atomic E-state index is 0.101. The van der Waals surface area contributed by atoms with E-state index in [4.69, 9.17) is 16.6 Å². The van der Waals surface area contributed by atoms with Crippen LogP contribution < -0.4 is 4.90 Å². The Morgan fingerprint density at radius 2 is 1.88 bits per heavy atom. The van der Waals surface area contributed by atoms with Crippen molar-refractivity contribution in [3.8, 4) is 0 Å². The van der Waals surface area contributed by atoms with Crippen molar-refractivity contribution in [3.05, 3.63) is 59.4 Å². The topological polar surface area (TPSA) is 38.1 Å². The van der Waals surface area contributed by atoms with E-state index in [1.165, 1.54) is 0 Å². The second-order valence-corrected chi connectivity index (χ2v) is 7.78. The summed E-state index contributed by atoms with van der Waals surface area (Å²) in [5, 5.41) is 0.677. The third-order valence-electron chi connectivity index (χ3n) is 4.86. The molecule has 2 heterocycles. The van der Waals surface area contributed by atoms with Gasteiger partial charge in [0.2, 0.25) is 5.91 Å². The highest BCUT2D eigenvalue weighted by Crippen LogP contribution is 2.33. The van der Waals surface area contributed by atoms with Crippen LogP contribution in [0.1, 0.15) is 32.0 Å². The van der Waals surface area contributed by atoms with Crippen LogP contribution in [0.3, 0.4) is 0 Å². The third-order valence-corrected chi connectivity index (χ3v) is 5.11. The SMILES string of the molecule is CC(C)Cn1c([C@@H]2CC(=O)N(c3ccc(Cl)cc3)C2)nc2ccccc21. The number of amides is 1. The maximum atomic E-state index is 12.6. The van der Waals surface area contributed by atoms with Gasteiger partial charge >= 0.3 is 0 Å². The van der Waals surface area contributed by atoms with Gasteiger partial charge in [0.05, 0.1) is 11.0 Å². The van der Waals surface area contributed by atoms with E-state index in [9.17, 15) is 4.79 Å². The number of para-hydroxylation sites is 2. The second kappa shape index (κ2) is 6.76. The van der Waals surface area contributed by atoms with E-state index in [1.54, 1.807) is 0 Å². The van der Waals surface area contributed by atoms with E-state index in [1.807, 2.05) is 47.4 Å². The van der Waals surface area contributed by atoms with Crippen LogP contribution in [0.4, 0.5) is 5.69 Å². The molecule has 1 aliphatic rings. The van der Waals surface area contributed by atoms with Gasteiger partial charge in [0.1, 0.15) is 5.82 Å². The first-order valence-electron chi connectivity index (χ1n) is 9.04. The number of imidazole rings is 1. The summed E-state index contributed by atoms with van der Waals surface area (Å²) >= 11 is 5.98. The molecular formula is C21H22ClN3O. The molecule has 2 aromatic carbocycles. The number of fused-ring (bicyclic) bond motifs is 1. The Balaban J connectivity index is 1.69. The monoisotopic (exact) mass is 367 g/mol.